The second kappa shape index (κ2) is 5.64. The van der Waals surface area contributed by atoms with E-state index in [1.165, 1.54) is 0 Å². The van der Waals surface area contributed by atoms with Crippen LogP contribution in [0.4, 0.5) is 0 Å². The molecule has 6 nitrogen and oxygen atoms in total. The maximum atomic E-state index is 11.1. The van der Waals surface area contributed by atoms with Gasteiger partial charge >= 0.3 is 0 Å². The van der Waals surface area contributed by atoms with Crippen molar-refractivity contribution in [3.8, 4) is 0 Å². The van der Waals surface area contributed by atoms with E-state index in [4.69, 9.17) is 0 Å². The lowest BCUT2D eigenvalue weighted by Crippen LogP contribution is -2.39. The Morgan fingerprint density at radius 3 is 1.93 bits per heavy atom. The quantitative estimate of drug-likeness (QED) is 0.592. The average molecular weight is 244 g/mol. The van der Waals surface area contributed by atoms with Gasteiger partial charge in [-0.3, -0.25) is 0 Å². The third-order valence-corrected chi connectivity index (χ3v) is 3.42. The van der Waals surface area contributed by atoms with E-state index < -0.39 is 20.0 Å². The van der Waals surface area contributed by atoms with Gasteiger partial charge in [-0.15, -0.1) is 0 Å². The van der Waals surface area contributed by atoms with E-state index in [-0.39, 0.29) is 12.3 Å². The SMILES string of the molecule is CCCNS(=O)(=O)NCCS(C)(=O)=O. The lowest BCUT2D eigenvalue weighted by Gasteiger charge is -2.06. The van der Waals surface area contributed by atoms with Crippen LogP contribution in [0, 0.1) is 0 Å². The molecule has 0 fully saturated rings. The summed E-state index contributed by atoms with van der Waals surface area (Å²) in [6.07, 6.45) is 1.74. The van der Waals surface area contributed by atoms with Crippen molar-refractivity contribution in [3.05, 3.63) is 0 Å². The molecule has 0 saturated heterocycles. The third kappa shape index (κ3) is 8.42. The van der Waals surface area contributed by atoms with Crippen molar-refractivity contribution in [2.45, 2.75) is 13.3 Å². The van der Waals surface area contributed by atoms with Gasteiger partial charge in [-0.05, 0) is 6.42 Å². The van der Waals surface area contributed by atoms with Gasteiger partial charge in [0.15, 0.2) is 0 Å². The highest BCUT2D eigenvalue weighted by molar-refractivity contribution is 7.90. The molecule has 0 atom stereocenters. The molecular formula is C6H16N2O4S2. The molecule has 2 N–H and O–H groups in total. The summed E-state index contributed by atoms with van der Waals surface area (Å²) in [6, 6.07) is 0. The number of hydrogen-bond acceptors (Lipinski definition) is 4. The smallest absolute Gasteiger partial charge is 0.229 e. The molecule has 0 saturated carbocycles. The standard InChI is InChI=1S/C6H16N2O4S2/c1-3-4-7-14(11,12)8-5-6-13(2,9)10/h7-8H,3-6H2,1-2H3. The molecule has 0 aromatic rings. The molecule has 8 heteroatoms. The predicted octanol–water partition coefficient (Wildman–Crippen LogP) is -1.13. The van der Waals surface area contributed by atoms with Crippen molar-refractivity contribution >= 4 is 20.0 Å². The van der Waals surface area contributed by atoms with Crippen LogP contribution in [0.25, 0.3) is 0 Å². The molecule has 0 bridgehead atoms. The van der Waals surface area contributed by atoms with Crippen LogP contribution in [-0.4, -0.2) is 41.9 Å². The lowest BCUT2D eigenvalue weighted by atomic mass is 10.5. The first-order valence-electron chi connectivity index (χ1n) is 4.19. The highest BCUT2D eigenvalue weighted by Gasteiger charge is 2.09. The summed E-state index contributed by atoms with van der Waals surface area (Å²) in [5, 5.41) is 0. The summed E-state index contributed by atoms with van der Waals surface area (Å²) in [7, 11) is -6.65. The van der Waals surface area contributed by atoms with Crippen LogP contribution in [-0.2, 0) is 20.0 Å². The van der Waals surface area contributed by atoms with Gasteiger partial charge in [-0.1, -0.05) is 6.92 Å². The van der Waals surface area contributed by atoms with Crippen molar-refractivity contribution < 1.29 is 16.8 Å². The summed E-state index contributed by atoms with van der Waals surface area (Å²) in [4.78, 5) is 0. The molecule has 0 spiro atoms. The number of rotatable bonds is 7. The second-order valence-electron chi connectivity index (χ2n) is 2.92. The van der Waals surface area contributed by atoms with Crippen LogP contribution in [0.15, 0.2) is 0 Å². The summed E-state index contributed by atoms with van der Waals surface area (Å²) in [5.74, 6) is -0.194. The van der Waals surface area contributed by atoms with Gasteiger partial charge in [0, 0.05) is 19.3 Å². The van der Waals surface area contributed by atoms with Crippen LogP contribution in [0.3, 0.4) is 0 Å². The van der Waals surface area contributed by atoms with Gasteiger partial charge in [0.2, 0.25) is 0 Å². The zero-order valence-corrected chi connectivity index (χ0v) is 9.91. The van der Waals surface area contributed by atoms with Gasteiger partial charge in [0.25, 0.3) is 10.2 Å². The van der Waals surface area contributed by atoms with E-state index in [0.29, 0.717) is 13.0 Å². The fourth-order valence-electron chi connectivity index (χ4n) is 0.649. The second-order valence-corrected chi connectivity index (χ2v) is 6.77. The molecule has 0 unspecified atom stereocenters. The first kappa shape index (κ1) is 13.8. The first-order valence-corrected chi connectivity index (χ1v) is 7.73. The van der Waals surface area contributed by atoms with E-state index in [1.54, 1.807) is 0 Å². The van der Waals surface area contributed by atoms with E-state index >= 15 is 0 Å². The number of hydrogen-bond donors (Lipinski definition) is 2. The van der Waals surface area contributed by atoms with Crippen molar-refractivity contribution in [2.75, 3.05) is 25.1 Å². The maximum Gasteiger partial charge on any atom is 0.276 e. The molecule has 86 valence electrons. The molecule has 0 aromatic carbocycles. The van der Waals surface area contributed by atoms with Crippen LogP contribution in [0.5, 0.6) is 0 Å². The van der Waals surface area contributed by atoms with E-state index in [1.807, 2.05) is 6.92 Å². The topological polar surface area (TPSA) is 92.3 Å². The van der Waals surface area contributed by atoms with Crippen molar-refractivity contribution in [3.63, 3.8) is 0 Å². The normalized spacial score (nSPS) is 13.0. The molecule has 14 heavy (non-hydrogen) atoms. The summed E-state index contributed by atoms with van der Waals surface area (Å²) >= 11 is 0. The first-order chi connectivity index (χ1) is 6.27. The average Bonchev–Trinajstić information content (AvgIpc) is 1.98. The van der Waals surface area contributed by atoms with Gasteiger partial charge in [-0.2, -0.15) is 8.42 Å². The molecular weight excluding hydrogens is 228 g/mol. The Morgan fingerprint density at radius 2 is 1.50 bits per heavy atom. The van der Waals surface area contributed by atoms with Crippen LogP contribution in [0.2, 0.25) is 0 Å². The monoisotopic (exact) mass is 244 g/mol. The molecule has 0 heterocycles. The van der Waals surface area contributed by atoms with Crippen LogP contribution in [0.1, 0.15) is 13.3 Å². The Hall–Kier alpha value is -0.180. The van der Waals surface area contributed by atoms with Gasteiger partial charge in [0.1, 0.15) is 9.84 Å². The third-order valence-electron chi connectivity index (χ3n) is 1.31. The number of sulfone groups is 1. The Balaban J connectivity index is 3.89. The molecule has 0 aliphatic carbocycles. The van der Waals surface area contributed by atoms with Gasteiger partial charge in [0.05, 0.1) is 5.75 Å². The Labute approximate surface area is 85.2 Å². The van der Waals surface area contributed by atoms with Crippen molar-refractivity contribution in [2.24, 2.45) is 0 Å². The van der Waals surface area contributed by atoms with Gasteiger partial charge in [-0.25, -0.2) is 17.9 Å². The zero-order valence-electron chi connectivity index (χ0n) is 8.28. The van der Waals surface area contributed by atoms with Crippen LogP contribution < -0.4 is 9.44 Å². The fourth-order valence-corrected chi connectivity index (χ4v) is 2.20. The minimum Gasteiger partial charge on any atom is -0.229 e. The van der Waals surface area contributed by atoms with E-state index in [9.17, 15) is 16.8 Å². The maximum absolute atomic E-state index is 11.1. The van der Waals surface area contributed by atoms with Crippen LogP contribution >= 0.6 is 0 Å². The largest absolute Gasteiger partial charge is 0.276 e. The molecule has 0 rings (SSSR count). The molecule has 0 aromatic heterocycles. The van der Waals surface area contributed by atoms with Gasteiger partial charge < -0.3 is 0 Å². The van der Waals surface area contributed by atoms with Crippen molar-refractivity contribution in [1.82, 2.24) is 9.44 Å². The summed E-state index contributed by atoms with van der Waals surface area (Å²) in [6.45, 7) is 2.07. The van der Waals surface area contributed by atoms with Crippen molar-refractivity contribution in [1.29, 1.82) is 0 Å². The highest BCUT2D eigenvalue weighted by Crippen LogP contribution is 1.83. The highest BCUT2D eigenvalue weighted by atomic mass is 32.2. The summed E-state index contributed by atoms with van der Waals surface area (Å²) in [5.41, 5.74) is 0. The molecule has 0 amide bonds. The molecule has 0 radical (unpaired) electrons. The van der Waals surface area contributed by atoms with E-state index in [2.05, 4.69) is 9.44 Å². The Morgan fingerprint density at radius 1 is 1.00 bits per heavy atom. The van der Waals surface area contributed by atoms with E-state index in [0.717, 1.165) is 6.26 Å². The Bertz CT molecular complexity index is 346. The predicted molar refractivity (Wildman–Crippen MR) is 54.9 cm³/mol. The minimum absolute atomic E-state index is 0.0993. The fraction of sp³-hybridized carbons (Fsp3) is 1.00. The zero-order chi connectivity index (χ0) is 11.2. The lowest BCUT2D eigenvalue weighted by molar-refractivity contribution is 0.567. The molecule has 0 aliphatic heterocycles. The summed E-state index contributed by atoms with van der Waals surface area (Å²) < 4.78 is 47.9. The molecule has 0 aliphatic rings. The minimum atomic E-state index is -3.53. The Kier molecular flexibility index (Phi) is 5.57. The number of nitrogens with one attached hydrogen (secondary N) is 2.